The number of carboxylic acids is 1. The van der Waals surface area contributed by atoms with E-state index in [0.717, 1.165) is 17.1 Å². The van der Waals surface area contributed by atoms with E-state index in [1.54, 1.807) is 18.9 Å². The Morgan fingerprint density at radius 3 is 2.65 bits per heavy atom. The van der Waals surface area contributed by atoms with Crippen molar-refractivity contribution >= 4 is 17.7 Å². The largest absolute Gasteiger partial charge is 0.496 e. The summed E-state index contributed by atoms with van der Waals surface area (Å²) in [5.41, 5.74) is 1.10. The lowest BCUT2D eigenvalue weighted by Gasteiger charge is -2.22. The minimum atomic E-state index is -0.762. The fourth-order valence-corrected chi connectivity index (χ4v) is 2.52. The lowest BCUT2D eigenvalue weighted by Crippen LogP contribution is -2.20. The van der Waals surface area contributed by atoms with Crippen molar-refractivity contribution in [2.45, 2.75) is 30.8 Å². The van der Waals surface area contributed by atoms with E-state index in [1.807, 2.05) is 38.1 Å². The highest BCUT2D eigenvalue weighted by Gasteiger charge is 2.22. The fourth-order valence-electron chi connectivity index (χ4n) is 1.51. The maximum atomic E-state index is 10.7. The summed E-state index contributed by atoms with van der Waals surface area (Å²) in [4.78, 5) is 10.7. The molecule has 0 atom stereocenters. The van der Waals surface area contributed by atoms with Gasteiger partial charge in [-0.15, -0.1) is 0 Å². The van der Waals surface area contributed by atoms with E-state index in [1.165, 1.54) is 0 Å². The normalized spacial score (nSPS) is 11.2. The number of rotatable bonds is 6. The van der Waals surface area contributed by atoms with Gasteiger partial charge in [-0.25, -0.2) is 0 Å². The van der Waals surface area contributed by atoms with Crippen LogP contribution in [0.5, 0.6) is 5.75 Å². The van der Waals surface area contributed by atoms with E-state index in [9.17, 15) is 4.79 Å². The summed E-state index contributed by atoms with van der Waals surface area (Å²) in [7, 11) is 1.64. The number of carbonyl (C=O) groups is 1. The second-order valence-electron chi connectivity index (χ2n) is 4.43. The van der Waals surface area contributed by atoms with Gasteiger partial charge >= 0.3 is 5.97 Å². The summed E-state index contributed by atoms with van der Waals surface area (Å²) in [6.07, 6.45) is 0.160. The second-order valence-corrected chi connectivity index (χ2v) is 6.11. The number of thioether (sulfide) groups is 1. The van der Waals surface area contributed by atoms with Gasteiger partial charge in [0.15, 0.2) is 0 Å². The van der Waals surface area contributed by atoms with E-state index in [4.69, 9.17) is 9.84 Å². The number of methoxy groups -OCH3 is 1. The molecular formula is C13H18O3S. The Kier molecular flexibility index (Phi) is 4.87. The van der Waals surface area contributed by atoms with Gasteiger partial charge in [0.25, 0.3) is 0 Å². The van der Waals surface area contributed by atoms with Gasteiger partial charge < -0.3 is 9.84 Å². The summed E-state index contributed by atoms with van der Waals surface area (Å²) < 4.78 is 4.99. The molecule has 0 aromatic heterocycles. The van der Waals surface area contributed by atoms with Crippen LogP contribution in [0.4, 0.5) is 0 Å². The molecule has 0 saturated heterocycles. The summed E-state index contributed by atoms with van der Waals surface area (Å²) in [5.74, 6) is 0.846. The molecule has 0 bridgehead atoms. The Labute approximate surface area is 106 Å². The summed E-state index contributed by atoms with van der Waals surface area (Å²) in [5, 5.41) is 8.81. The van der Waals surface area contributed by atoms with Gasteiger partial charge in [0, 0.05) is 16.1 Å². The van der Waals surface area contributed by atoms with Gasteiger partial charge in [0.05, 0.1) is 13.5 Å². The van der Waals surface area contributed by atoms with Crippen LogP contribution in [0.2, 0.25) is 0 Å². The second kappa shape index (κ2) is 5.96. The van der Waals surface area contributed by atoms with Crippen molar-refractivity contribution in [2.24, 2.45) is 0 Å². The zero-order valence-electron chi connectivity index (χ0n) is 10.4. The predicted molar refractivity (Wildman–Crippen MR) is 70.6 cm³/mol. The Bertz CT molecular complexity index is 388. The number of hydrogen-bond acceptors (Lipinski definition) is 3. The van der Waals surface area contributed by atoms with Crippen LogP contribution in [0.3, 0.4) is 0 Å². The van der Waals surface area contributed by atoms with Crippen molar-refractivity contribution < 1.29 is 14.6 Å². The van der Waals surface area contributed by atoms with Crippen LogP contribution in [0.15, 0.2) is 24.3 Å². The van der Waals surface area contributed by atoms with E-state index >= 15 is 0 Å². The molecule has 1 N–H and O–H groups in total. The quantitative estimate of drug-likeness (QED) is 0.847. The molecule has 1 rings (SSSR count). The van der Waals surface area contributed by atoms with Crippen LogP contribution in [0.1, 0.15) is 25.8 Å². The molecule has 0 aliphatic carbocycles. The SMILES string of the molecule is COc1ccccc1CSC(C)(C)CC(=O)O. The monoisotopic (exact) mass is 254 g/mol. The van der Waals surface area contributed by atoms with Crippen LogP contribution in [-0.4, -0.2) is 22.9 Å². The highest BCUT2D eigenvalue weighted by Crippen LogP contribution is 2.33. The number of ether oxygens (including phenoxy) is 1. The molecule has 0 amide bonds. The zero-order valence-corrected chi connectivity index (χ0v) is 11.2. The maximum Gasteiger partial charge on any atom is 0.304 e. The average molecular weight is 254 g/mol. The van der Waals surface area contributed by atoms with Crippen molar-refractivity contribution in [1.82, 2.24) is 0 Å². The Hall–Kier alpha value is -1.16. The number of para-hydroxylation sites is 1. The lowest BCUT2D eigenvalue weighted by atomic mass is 10.1. The molecule has 0 saturated carbocycles. The molecule has 17 heavy (non-hydrogen) atoms. The number of benzene rings is 1. The predicted octanol–water partition coefficient (Wildman–Crippen LogP) is 3.18. The highest BCUT2D eigenvalue weighted by atomic mass is 32.2. The smallest absolute Gasteiger partial charge is 0.304 e. The average Bonchev–Trinajstić information content (AvgIpc) is 2.25. The van der Waals surface area contributed by atoms with E-state index in [-0.39, 0.29) is 11.2 Å². The molecular weight excluding hydrogens is 236 g/mol. The molecule has 0 heterocycles. The standard InChI is InChI=1S/C13H18O3S/c1-13(2,8-12(14)15)17-9-10-6-4-5-7-11(10)16-3/h4-7H,8-9H2,1-3H3,(H,14,15). The van der Waals surface area contributed by atoms with Crippen molar-refractivity contribution in [2.75, 3.05) is 7.11 Å². The van der Waals surface area contributed by atoms with Crippen LogP contribution in [0.25, 0.3) is 0 Å². The third-order valence-corrected chi connectivity index (χ3v) is 3.77. The molecule has 0 fully saturated rings. The molecule has 0 unspecified atom stereocenters. The van der Waals surface area contributed by atoms with Gasteiger partial charge in [-0.3, -0.25) is 4.79 Å². The van der Waals surface area contributed by atoms with Crippen LogP contribution in [-0.2, 0) is 10.5 Å². The third-order valence-electron chi connectivity index (χ3n) is 2.39. The maximum absolute atomic E-state index is 10.7. The topological polar surface area (TPSA) is 46.5 Å². The number of hydrogen-bond donors (Lipinski definition) is 1. The van der Waals surface area contributed by atoms with E-state index in [0.29, 0.717) is 0 Å². The van der Waals surface area contributed by atoms with Gasteiger partial charge in [0.1, 0.15) is 5.75 Å². The van der Waals surface area contributed by atoms with Gasteiger partial charge in [-0.2, -0.15) is 11.8 Å². The van der Waals surface area contributed by atoms with Crippen LogP contribution < -0.4 is 4.74 Å². The third kappa shape index (κ3) is 4.69. The Balaban J connectivity index is 2.63. The minimum absolute atomic E-state index is 0.160. The van der Waals surface area contributed by atoms with E-state index in [2.05, 4.69) is 0 Å². The minimum Gasteiger partial charge on any atom is -0.496 e. The van der Waals surface area contributed by atoms with Crippen molar-refractivity contribution in [3.05, 3.63) is 29.8 Å². The zero-order chi connectivity index (χ0) is 12.9. The van der Waals surface area contributed by atoms with Crippen molar-refractivity contribution in [1.29, 1.82) is 0 Å². The Morgan fingerprint density at radius 2 is 2.06 bits per heavy atom. The molecule has 0 aliphatic heterocycles. The molecule has 94 valence electrons. The molecule has 0 spiro atoms. The lowest BCUT2D eigenvalue weighted by molar-refractivity contribution is -0.137. The summed E-state index contributed by atoms with van der Waals surface area (Å²) in [6, 6.07) is 7.81. The van der Waals surface area contributed by atoms with Gasteiger partial charge in [-0.05, 0) is 6.07 Å². The number of carboxylic acid groups (broad SMARTS) is 1. The van der Waals surface area contributed by atoms with Gasteiger partial charge in [-0.1, -0.05) is 32.0 Å². The molecule has 1 aromatic rings. The first-order valence-corrected chi connectivity index (χ1v) is 6.41. The first-order valence-electron chi connectivity index (χ1n) is 5.42. The first-order chi connectivity index (χ1) is 7.94. The molecule has 4 heteroatoms. The molecule has 0 aliphatic rings. The van der Waals surface area contributed by atoms with Gasteiger partial charge in [0.2, 0.25) is 0 Å². The van der Waals surface area contributed by atoms with Crippen LogP contribution >= 0.6 is 11.8 Å². The summed E-state index contributed by atoms with van der Waals surface area (Å²) >= 11 is 1.63. The fraction of sp³-hybridized carbons (Fsp3) is 0.462. The number of aliphatic carboxylic acids is 1. The first kappa shape index (κ1) is 13.9. The molecule has 3 nitrogen and oxygen atoms in total. The van der Waals surface area contributed by atoms with Crippen molar-refractivity contribution in [3.63, 3.8) is 0 Å². The van der Waals surface area contributed by atoms with E-state index < -0.39 is 5.97 Å². The molecule has 1 aromatic carbocycles. The Morgan fingerprint density at radius 1 is 1.41 bits per heavy atom. The van der Waals surface area contributed by atoms with Crippen molar-refractivity contribution in [3.8, 4) is 5.75 Å². The highest BCUT2D eigenvalue weighted by molar-refractivity contribution is 7.99. The summed E-state index contributed by atoms with van der Waals surface area (Å²) in [6.45, 7) is 3.89. The molecule has 0 radical (unpaired) electrons. The van der Waals surface area contributed by atoms with Crippen LogP contribution in [0, 0.1) is 0 Å².